The molecule has 2 saturated carbocycles. The predicted molar refractivity (Wildman–Crippen MR) is 67.8 cm³/mol. The first kappa shape index (κ1) is 12.0. The van der Waals surface area contributed by atoms with Gasteiger partial charge in [0.2, 0.25) is 0 Å². The van der Waals surface area contributed by atoms with Gasteiger partial charge < -0.3 is 9.84 Å². The first-order valence-corrected chi connectivity index (χ1v) is 7.61. The lowest BCUT2D eigenvalue weighted by atomic mass is 9.84. The number of aliphatic hydroxyl groups is 1. The highest BCUT2D eigenvalue weighted by atomic mass is 16.5. The molecule has 98 valence electrons. The Bertz CT molecular complexity index is 247. The monoisotopic (exact) mass is 238 g/mol. The lowest BCUT2D eigenvalue weighted by molar-refractivity contribution is 0.0689. The molecule has 1 aliphatic heterocycles. The van der Waals surface area contributed by atoms with Crippen LogP contribution in [0.5, 0.6) is 0 Å². The van der Waals surface area contributed by atoms with E-state index in [9.17, 15) is 5.11 Å². The highest BCUT2D eigenvalue weighted by molar-refractivity contribution is 4.90. The first-order chi connectivity index (χ1) is 8.31. The molecule has 2 heteroatoms. The molecule has 5 unspecified atom stereocenters. The Labute approximate surface area is 105 Å². The van der Waals surface area contributed by atoms with Gasteiger partial charge in [0.1, 0.15) is 0 Å². The van der Waals surface area contributed by atoms with Crippen LogP contribution in [0.4, 0.5) is 0 Å². The zero-order chi connectivity index (χ0) is 11.7. The molecule has 2 nitrogen and oxygen atoms in total. The van der Waals surface area contributed by atoms with Crippen LogP contribution < -0.4 is 0 Å². The van der Waals surface area contributed by atoms with Crippen molar-refractivity contribution in [2.24, 2.45) is 17.8 Å². The van der Waals surface area contributed by atoms with Gasteiger partial charge in [0.05, 0.1) is 12.2 Å². The predicted octanol–water partition coefficient (Wildman–Crippen LogP) is 3.13. The number of aliphatic hydroxyl groups excluding tert-OH is 1. The van der Waals surface area contributed by atoms with Crippen molar-refractivity contribution >= 4 is 0 Å². The quantitative estimate of drug-likeness (QED) is 0.797. The summed E-state index contributed by atoms with van der Waals surface area (Å²) in [6, 6.07) is 0. The van der Waals surface area contributed by atoms with Crippen LogP contribution in [0, 0.1) is 17.8 Å². The standard InChI is InChI=1S/C15H26O2/c16-14(5-6-15-2-1-7-17-15)10-13-9-11-3-4-12(13)8-11/h11-16H,1-10H2. The molecular formula is C15H26O2. The van der Waals surface area contributed by atoms with E-state index in [4.69, 9.17) is 4.74 Å². The van der Waals surface area contributed by atoms with Crippen molar-refractivity contribution < 1.29 is 9.84 Å². The molecule has 1 saturated heterocycles. The Kier molecular flexibility index (Phi) is 3.72. The lowest BCUT2D eigenvalue weighted by Gasteiger charge is -2.24. The van der Waals surface area contributed by atoms with Gasteiger partial charge in [-0.15, -0.1) is 0 Å². The second-order valence-corrected chi connectivity index (χ2v) is 6.54. The maximum Gasteiger partial charge on any atom is 0.0577 e. The van der Waals surface area contributed by atoms with Crippen LogP contribution in [0.3, 0.4) is 0 Å². The largest absolute Gasteiger partial charge is 0.393 e. The summed E-state index contributed by atoms with van der Waals surface area (Å²) in [6.45, 7) is 0.938. The van der Waals surface area contributed by atoms with Crippen LogP contribution in [0.2, 0.25) is 0 Å². The van der Waals surface area contributed by atoms with Crippen molar-refractivity contribution in [3.63, 3.8) is 0 Å². The first-order valence-electron chi connectivity index (χ1n) is 7.61. The van der Waals surface area contributed by atoms with E-state index in [1.165, 1.54) is 38.5 Å². The number of hydrogen-bond donors (Lipinski definition) is 1. The fourth-order valence-electron chi connectivity index (χ4n) is 4.38. The molecule has 0 amide bonds. The van der Waals surface area contributed by atoms with Crippen LogP contribution in [-0.4, -0.2) is 23.9 Å². The molecule has 3 fully saturated rings. The van der Waals surface area contributed by atoms with Gasteiger partial charge >= 0.3 is 0 Å². The third-order valence-corrected chi connectivity index (χ3v) is 5.31. The van der Waals surface area contributed by atoms with Crippen molar-refractivity contribution in [1.82, 2.24) is 0 Å². The number of ether oxygens (including phenoxy) is 1. The van der Waals surface area contributed by atoms with Crippen LogP contribution in [0.1, 0.15) is 57.8 Å². The van der Waals surface area contributed by atoms with Gasteiger partial charge in [-0.2, -0.15) is 0 Å². The smallest absolute Gasteiger partial charge is 0.0577 e. The molecule has 2 bridgehead atoms. The van der Waals surface area contributed by atoms with Crippen LogP contribution in [0.15, 0.2) is 0 Å². The number of rotatable bonds is 5. The molecule has 0 aromatic carbocycles. The minimum absolute atomic E-state index is 0.0662. The van der Waals surface area contributed by atoms with Gasteiger partial charge in [0.15, 0.2) is 0 Å². The zero-order valence-corrected chi connectivity index (χ0v) is 10.8. The summed E-state index contributed by atoms with van der Waals surface area (Å²) in [5, 5.41) is 10.1. The molecular weight excluding hydrogens is 212 g/mol. The fourth-order valence-corrected chi connectivity index (χ4v) is 4.38. The van der Waals surface area contributed by atoms with E-state index in [0.29, 0.717) is 6.10 Å². The maximum atomic E-state index is 10.1. The normalized spacial score (nSPS) is 42.2. The Morgan fingerprint density at radius 3 is 2.76 bits per heavy atom. The lowest BCUT2D eigenvalue weighted by Crippen LogP contribution is -2.20. The van der Waals surface area contributed by atoms with Crippen LogP contribution >= 0.6 is 0 Å². The van der Waals surface area contributed by atoms with Crippen molar-refractivity contribution in [3.8, 4) is 0 Å². The Hall–Kier alpha value is -0.0800. The van der Waals surface area contributed by atoms with E-state index in [-0.39, 0.29) is 6.10 Å². The third kappa shape index (κ3) is 2.85. The van der Waals surface area contributed by atoms with E-state index in [0.717, 1.165) is 43.6 Å². The molecule has 17 heavy (non-hydrogen) atoms. The average molecular weight is 238 g/mol. The second kappa shape index (κ2) is 5.27. The Morgan fingerprint density at radius 1 is 1.18 bits per heavy atom. The summed E-state index contributed by atoms with van der Waals surface area (Å²) >= 11 is 0. The molecule has 1 N–H and O–H groups in total. The number of hydrogen-bond acceptors (Lipinski definition) is 2. The van der Waals surface area contributed by atoms with Gasteiger partial charge in [-0.3, -0.25) is 0 Å². The van der Waals surface area contributed by atoms with Crippen molar-refractivity contribution in [2.45, 2.75) is 70.0 Å². The Balaban J connectivity index is 1.36. The summed E-state index contributed by atoms with van der Waals surface area (Å²) in [7, 11) is 0. The second-order valence-electron chi connectivity index (χ2n) is 6.54. The highest BCUT2D eigenvalue weighted by Gasteiger charge is 2.39. The summed E-state index contributed by atoms with van der Waals surface area (Å²) < 4.78 is 5.61. The van der Waals surface area contributed by atoms with E-state index >= 15 is 0 Å². The van der Waals surface area contributed by atoms with Crippen molar-refractivity contribution in [2.75, 3.05) is 6.61 Å². The van der Waals surface area contributed by atoms with Crippen molar-refractivity contribution in [3.05, 3.63) is 0 Å². The van der Waals surface area contributed by atoms with E-state index in [1.807, 2.05) is 0 Å². The summed E-state index contributed by atoms with van der Waals surface area (Å²) in [4.78, 5) is 0. The van der Waals surface area contributed by atoms with E-state index in [1.54, 1.807) is 0 Å². The molecule has 5 atom stereocenters. The topological polar surface area (TPSA) is 29.5 Å². The molecule has 0 radical (unpaired) electrons. The molecule has 0 aromatic heterocycles. The zero-order valence-electron chi connectivity index (χ0n) is 10.8. The molecule has 2 aliphatic carbocycles. The molecule has 0 aromatic rings. The minimum Gasteiger partial charge on any atom is -0.393 e. The van der Waals surface area contributed by atoms with Crippen LogP contribution in [0.25, 0.3) is 0 Å². The summed E-state index contributed by atoms with van der Waals surface area (Å²) in [5.41, 5.74) is 0. The van der Waals surface area contributed by atoms with Gasteiger partial charge in [-0.25, -0.2) is 0 Å². The third-order valence-electron chi connectivity index (χ3n) is 5.31. The van der Waals surface area contributed by atoms with Crippen molar-refractivity contribution in [1.29, 1.82) is 0 Å². The highest BCUT2D eigenvalue weighted by Crippen LogP contribution is 2.50. The van der Waals surface area contributed by atoms with E-state index < -0.39 is 0 Å². The minimum atomic E-state index is -0.0662. The maximum absolute atomic E-state index is 10.1. The molecule has 0 spiro atoms. The Morgan fingerprint density at radius 2 is 2.12 bits per heavy atom. The molecule has 3 aliphatic rings. The summed E-state index contributed by atoms with van der Waals surface area (Å²) in [5.74, 6) is 2.81. The number of fused-ring (bicyclic) bond motifs is 2. The molecule has 3 rings (SSSR count). The van der Waals surface area contributed by atoms with Gasteiger partial charge in [-0.05, 0) is 69.1 Å². The van der Waals surface area contributed by atoms with Gasteiger partial charge in [-0.1, -0.05) is 6.42 Å². The van der Waals surface area contributed by atoms with E-state index in [2.05, 4.69) is 0 Å². The SMILES string of the molecule is OC(CCC1CCCO1)CC1CC2CCC1C2. The fraction of sp³-hybridized carbons (Fsp3) is 1.00. The van der Waals surface area contributed by atoms with Gasteiger partial charge in [0, 0.05) is 6.61 Å². The average Bonchev–Trinajstić information content (AvgIpc) is 3.03. The van der Waals surface area contributed by atoms with Gasteiger partial charge in [0.25, 0.3) is 0 Å². The summed E-state index contributed by atoms with van der Waals surface area (Å²) in [6.07, 6.45) is 11.7. The van der Waals surface area contributed by atoms with Crippen LogP contribution in [-0.2, 0) is 4.74 Å². The molecule has 1 heterocycles.